The molecule has 2 aliphatic heterocycles. The molecule has 1 amide bonds. The number of hydrogen-bond donors (Lipinski definition) is 1. The number of carbonyl (C=O) groups is 1. The van der Waals surface area contributed by atoms with Crippen molar-refractivity contribution >= 4 is 11.6 Å². The van der Waals surface area contributed by atoms with Gasteiger partial charge in [-0.3, -0.25) is 4.79 Å². The van der Waals surface area contributed by atoms with Crippen molar-refractivity contribution in [1.82, 2.24) is 9.80 Å². The first-order valence-electron chi connectivity index (χ1n) is 7.89. The summed E-state index contributed by atoms with van der Waals surface area (Å²) in [5.74, 6) is 1.46. The van der Waals surface area contributed by atoms with Crippen LogP contribution in [0.4, 0.5) is 5.69 Å². The van der Waals surface area contributed by atoms with E-state index in [1.807, 2.05) is 12.1 Å². The summed E-state index contributed by atoms with van der Waals surface area (Å²) in [6, 6.07) is 5.47. The number of anilines is 1. The Morgan fingerprint density at radius 1 is 1.13 bits per heavy atom. The van der Waals surface area contributed by atoms with E-state index in [0.717, 1.165) is 50.7 Å². The van der Waals surface area contributed by atoms with Crippen molar-refractivity contribution in [3.05, 3.63) is 18.2 Å². The Labute approximate surface area is 143 Å². The van der Waals surface area contributed by atoms with Crippen LogP contribution in [0.5, 0.6) is 11.5 Å². The smallest absolute Gasteiger partial charge is 0.231 e. The number of benzene rings is 1. The standard InChI is InChI=1S/C16H23N3O3.ClH/c1-2-18-7-9-19(10-8-18)6-5-16(20)17-13-3-4-14-15(11-13)22-12-21-14;/h3-4,11H,2,5-10,12H2,1H3,(H,17,20);1H/p-1. The van der Waals surface area contributed by atoms with E-state index in [-0.39, 0.29) is 25.1 Å². The Morgan fingerprint density at radius 2 is 1.83 bits per heavy atom. The molecule has 0 unspecified atom stereocenters. The lowest BCUT2D eigenvalue weighted by molar-refractivity contribution is -0.116. The van der Waals surface area contributed by atoms with Crippen molar-refractivity contribution in [3.63, 3.8) is 0 Å². The van der Waals surface area contributed by atoms with Crippen molar-refractivity contribution < 1.29 is 26.7 Å². The monoisotopic (exact) mass is 340 g/mol. The van der Waals surface area contributed by atoms with Crippen molar-refractivity contribution in [2.45, 2.75) is 13.3 Å². The number of rotatable bonds is 5. The second kappa shape index (κ2) is 8.38. The molecule has 128 valence electrons. The number of carbonyl (C=O) groups excluding carboxylic acids is 1. The van der Waals surface area contributed by atoms with Crippen LogP contribution in [0.2, 0.25) is 0 Å². The van der Waals surface area contributed by atoms with E-state index >= 15 is 0 Å². The highest BCUT2D eigenvalue weighted by Gasteiger charge is 2.17. The minimum absolute atomic E-state index is 0. The van der Waals surface area contributed by atoms with Crippen LogP contribution in [0.1, 0.15) is 13.3 Å². The topological polar surface area (TPSA) is 54.0 Å². The Hall–Kier alpha value is -1.50. The van der Waals surface area contributed by atoms with Gasteiger partial charge in [-0.15, -0.1) is 0 Å². The summed E-state index contributed by atoms with van der Waals surface area (Å²) >= 11 is 0. The van der Waals surface area contributed by atoms with Gasteiger partial charge in [-0.05, 0) is 18.7 Å². The average Bonchev–Trinajstić information content (AvgIpc) is 3.01. The predicted molar refractivity (Wildman–Crippen MR) is 84.4 cm³/mol. The fraction of sp³-hybridized carbons (Fsp3) is 0.562. The van der Waals surface area contributed by atoms with Crippen molar-refractivity contribution in [2.75, 3.05) is 51.4 Å². The molecule has 7 heteroatoms. The van der Waals surface area contributed by atoms with Gasteiger partial charge in [-0.1, -0.05) is 6.92 Å². The van der Waals surface area contributed by atoms with Crippen LogP contribution >= 0.6 is 0 Å². The molecule has 0 spiro atoms. The summed E-state index contributed by atoms with van der Waals surface area (Å²) in [6.45, 7) is 8.65. The van der Waals surface area contributed by atoms with Gasteiger partial charge in [0.05, 0.1) is 0 Å². The third kappa shape index (κ3) is 4.73. The Balaban J connectivity index is 0.00000192. The minimum atomic E-state index is 0. The fourth-order valence-electron chi connectivity index (χ4n) is 2.79. The van der Waals surface area contributed by atoms with Crippen molar-refractivity contribution in [1.29, 1.82) is 0 Å². The van der Waals surface area contributed by atoms with Crippen LogP contribution in [0.25, 0.3) is 0 Å². The van der Waals surface area contributed by atoms with Gasteiger partial charge >= 0.3 is 0 Å². The number of nitrogens with zero attached hydrogens (tertiary/aromatic N) is 2. The van der Waals surface area contributed by atoms with Crippen LogP contribution in [0.3, 0.4) is 0 Å². The summed E-state index contributed by atoms with van der Waals surface area (Å²) in [7, 11) is 0. The zero-order valence-electron chi connectivity index (χ0n) is 13.4. The Kier molecular flexibility index (Phi) is 6.50. The molecule has 0 atom stereocenters. The normalized spacial score (nSPS) is 17.6. The highest BCUT2D eigenvalue weighted by Crippen LogP contribution is 2.34. The Morgan fingerprint density at radius 3 is 2.57 bits per heavy atom. The molecule has 23 heavy (non-hydrogen) atoms. The number of nitrogens with one attached hydrogen (secondary N) is 1. The minimum Gasteiger partial charge on any atom is -1.00 e. The molecule has 3 rings (SSSR count). The number of piperazine rings is 1. The van der Waals surface area contributed by atoms with Gasteiger partial charge in [0.2, 0.25) is 12.7 Å². The molecule has 0 radical (unpaired) electrons. The van der Waals surface area contributed by atoms with Gasteiger partial charge in [0.1, 0.15) is 0 Å². The Bertz CT molecular complexity index is 533. The highest BCUT2D eigenvalue weighted by molar-refractivity contribution is 5.91. The van der Waals surface area contributed by atoms with Crippen LogP contribution in [0.15, 0.2) is 18.2 Å². The molecule has 0 aromatic heterocycles. The summed E-state index contributed by atoms with van der Waals surface area (Å²) in [6.07, 6.45) is 0.514. The number of hydrogen-bond acceptors (Lipinski definition) is 5. The fourth-order valence-corrected chi connectivity index (χ4v) is 2.79. The van der Waals surface area contributed by atoms with E-state index in [1.54, 1.807) is 6.07 Å². The molecule has 1 fully saturated rings. The van der Waals surface area contributed by atoms with E-state index in [2.05, 4.69) is 22.0 Å². The molecule has 0 aliphatic carbocycles. The summed E-state index contributed by atoms with van der Waals surface area (Å²) < 4.78 is 10.6. The lowest BCUT2D eigenvalue weighted by Crippen LogP contribution is -3.00. The van der Waals surface area contributed by atoms with Gasteiger partial charge in [0, 0.05) is 50.9 Å². The number of halogens is 1. The number of likely N-dealkylation sites (N-methyl/N-ethyl adjacent to an activating group) is 1. The molecule has 0 saturated carbocycles. The van der Waals surface area contributed by atoms with E-state index in [1.165, 1.54) is 0 Å². The SMILES string of the molecule is CCN1CCN(CCC(=O)Nc2ccc3c(c2)OCO3)CC1.[Cl-]. The maximum Gasteiger partial charge on any atom is 0.231 e. The molecule has 6 nitrogen and oxygen atoms in total. The lowest BCUT2D eigenvalue weighted by Gasteiger charge is -2.33. The van der Waals surface area contributed by atoms with Crippen LogP contribution in [-0.4, -0.2) is 61.8 Å². The van der Waals surface area contributed by atoms with Crippen LogP contribution in [-0.2, 0) is 4.79 Å². The summed E-state index contributed by atoms with van der Waals surface area (Å²) in [5, 5.41) is 2.92. The average molecular weight is 341 g/mol. The molecule has 0 bridgehead atoms. The molecular formula is C16H23ClN3O3-. The second-order valence-electron chi connectivity index (χ2n) is 5.64. The van der Waals surface area contributed by atoms with Gasteiger partial charge in [-0.2, -0.15) is 0 Å². The third-order valence-electron chi connectivity index (χ3n) is 4.22. The van der Waals surface area contributed by atoms with Gasteiger partial charge in [0.15, 0.2) is 11.5 Å². The largest absolute Gasteiger partial charge is 1.00 e. The second-order valence-corrected chi connectivity index (χ2v) is 5.64. The van der Waals surface area contributed by atoms with E-state index in [0.29, 0.717) is 12.2 Å². The molecule has 1 saturated heterocycles. The van der Waals surface area contributed by atoms with E-state index in [4.69, 9.17) is 9.47 Å². The molecule has 1 aromatic carbocycles. The maximum atomic E-state index is 12.1. The van der Waals surface area contributed by atoms with Gasteiger partial charge < -0.3 is 37.0 Å². The third-order valence-corrected chi connectivity index (χ3v) is 4.22. The number of fused-ring (bicyclic) bond motifs is 1. The van der Waals surface area contributed by atoms with E-state index in [9.17, 15) is 4.79 Å². The summed E-state index contributed by atoms with van der Waals surface area (Å²) in [5.41, 5.74) is 0.755. The van der Waals surface area contributed by atoms with E-state index < -0.39 is 0 Å². The molecular weight excluding hydrogens is 318 g/mol. The van der Waals surface area contributed by atoms with Crippen molar-refractivity contribution in [3.8, 4) is 11.5 Å². The van der Waals surface area contributed by atoms with Crippen molar-refractivity contribution in [2.24, 2.45) is 0 Å². The zero-order valence-corrected chi connectivity index (χ0v) is 14.1. The van der Waals surface area contributed by atoms with Crippen LogP contribution in [0, 0.1) is 0 Å². The molecule has 1 aromatic rings. The number of amides is 1. The predicted octanol–water partition coefficient (Wildman–Crippen LogP) is -1.61. The first-order chi connectivity index (χ1) is 10.7. The molecule has 1 N–H and O–H groups in total. The summed E-state index contributed by atoms with van der Waals surface area (Å²) in [4.78, 5) is 16.8. The molecule has 2 heterocycles. The van der Waals surface area contributed by atoms with Crippen LogP contribution < -0.4 is 27.2 Å². The van der Waals surface area contributed by atoms with Gasteiger partial charge in [-0.25, -0.2) is 0 Å². The molecule has 2 aliphatic rings. The first kappa shape index (κ1) is 17.8. The highest BCUT2D eigenvalue weighted by atomic mass is 35.5. The quantitative estimate of drug-likeness (QED) is 0.699. The first-order valence-corrected chi connectivity index (χ1v) is 7.89. The lowest BCUT2D eigenvalue weighted by atomic mass is 10.2. The maximum absolute atomic E-state index is 12.1. The number of ether oxygens (including phenoxy) is 2. The zero-order chi connectivity index (χ0) is 15.4. The van der Waals surface area contributed by atoms with Gasteiger partial charge in [0.25, 0.3) is 0 Å².